The van der Waals surface area contributed by atoms with Gasteiger partial charge in [0.25, 0.3) is 0 Å². The van der Waals surface area contributed by atoms with Gasteiger partial charge in [0.1, 0.15) is 6.61 Å². The first kappa shape index (κ1) is 16.9. The molecule has 0 aliphatic heterocycles. The molecule has 0 aliphatic carbocycles. The minimum absolute atomic E-state index is 0.0674. The van der Waals surface area contributed by atoms with E-state index in [1.807, 2.05) is 20.8 Å². The number of rotatable bonds is 5. The van der Waals surface area contributed by atoms with Crippen molar-refractivity contribution in [2.24, 2.45) is 21.7 Å². The molecule has 0 rings (SSSR count). The van der Waals surface area contributed by atoms with Crippen LogP contribution in [0.4, 0.5) is 0 Å². The molecule has 104 valence electrons. The van der Waals surface area contributed by atoms with E-state index in [0.717, 1.165) is 6.42 Å². The molecule has 0 aliphatic rings. The van der Waals surface area contributed by atoms with E-state index in [2.05, 4.69) is 25.8 Å². The van der Waals surface area contributed by atoms with Gasteiger partial charge in [0, 0.05) is 0 Å². The van der Waals surface area contributed by atoms with Crippen LogP contribution in [0.2, 0.25) is 0 Å². The summed E-state index contributed by atoms with van der Waals surface area (Å²) in [6.45, 7) is 12.8. The van der Waals surface area contributed by atoms with Gasteiger partial charge < -0.3 is 4.74 Å². The predicted octanol–water partition coefficient (Wildman–Crippen LogP) is 2.96. The Morgan fingerprint density at radius 3 is 2.17 bits per heavy atom. The van der Waals surface area contributed by atoms with Crippen molar-refractivity contribution in [1.29, 1.82) is 0 Å². The van der Waals surface area contributed by atoms with E-state index in [9.17, 15) is 9.59 Å². The standard InChI is InChI=1S/C14H25NO3/c1-13(2,3)9-11(14(4,5)6)12(17)18-8-7-15-10-16/h11H,7-9H2,1-6H3. The zero-order valence-electron chi connectivity index (χ0n) is 12.4. The van der Waals surface area contributed by atoms with Crippen LogP contribution in [0.5, 0.6) is 0 Å². The van der Waals surface area contributed by atoms with E-state index >= 15 is 0 Å². The number of esters is 1. The van der Waals surface area contributed by atoms with Crippen LogP contribution in [0.3, 0.4) is 0 Å². The third-order valence-electron chi connectivity index (χ3n) is 2.66. The van der Waals surface area contributed by atoms with E-state index in [-0.39, 0.29) is 35.9 Å². The highest BCUT2D eigenvalue weighted by Crippen LogP contribution is 2.36. The van der Waals surface area contributed by atoms with Crippen molar-refractivity contribution < 1.29 is 14.3 Å². The van der Waals surface area contributed by atoms with Gasteiger partial charge in [-0.25, -0.2) is 9.79 Å². The molecule has 0 aromatic heterocycles. The normalized spacial score (nSPS) is 13.7. The van der Waals surface area contributed by atoms with Gasteiger partial charge in [-0.3, -0.25) is 4.79 Å². The maximum Gasteiger partial charge on any atom is 0.309 e. The van der Waals surface area contributed by atoms with Crippen molar-refractivity contribution in [2.75, 3.05) is 13.2 Å². The molecule has 0 radical (unpaired) electrons. The highest BCUT2D eigenvalue weighted by Gasteiger charge is 2.35. The van der Waals surface area contributed by atoms with Gasteiger partial charge in [-0.1, -0.05) is 41.5 Å². The van der Waals surface area contributed by atoms with Crippen molar-refractivity contribution in [3.05, 3.63) is 0 Å². The van der Waals surface area contributed by atoms with Crippen molar-refractivity contribution in [1.82, 2.24) is 0 Å². The molecule has 0 amide bonds. The van der Waals surface area contributed by atoms with Gasteiger partial charge >= 0.3 is 5.97 Å². The average molecular weight is 255 g/mol. The molecule has 0 aromatic rings. The van der Waals surface area contributed by atoms with E-state index < -0.39 is 0 Å². The maximum atomic E-state index is 12.1. The molecule has 0 aromatic carbocycles. The Bertz CT molecular complexity index is 317. The molecule has 0 heterocycles. The number of carbonyl (C=O) groups is 1. The number of ether oxygens (including phenoxy) is 1. The summed E-state index contributed by atoms with van der Waals surface area (Å²) in [6, 6.07) is 0. The summed E-state index contributed by atoms with van der Waals surface area (Å²) >= 11 is 0. The Kier molecular flexibility index (Phi) is 6.27. The third kappa shape index (κ3) is 7.23. The van der Waals surface area contributed by atoms with Crippen LogP contribution in [-0.4, -0.2) is 25.2 Å². The lowest BCUT2D eigenvalue weighted by Gasteiger charge is -2.33. The Balaban J connectivity index is 4.57. The number of carbonyl (C=O) groups excluding carboxylic acids is 2. The molecular weight excluding hydrogens is 230 g/mol. The lowest BCUT2D eigenvalue weighted by atomic mass is 9.72. The maximum absolute atomic E-state index is 12.1. The van der Waals surface area contributed by atoms with Gasteiger partial charge in [-0.05, 0) is 17.3 Å². The Hall–Kier alpha value is -1.15. The van der Waals surface area contributed by atoms with E-state index in [1.165, 1.54) is 6.08 Å². The molecule has 0 saturated carbocycles. The first-order valence-corrected chi connectivity index (χ1v) is 6.28. The molecule has 0 N–H and O–H groups in total. The zero-order chi connectivity index (χ0) is 14.4. The highest BCUT2D eigenvalue weighted by atomic mass is 16.5. The fourth-order valence-electron chi connectivity index (χ4n) is 1.69. The van der Waals surface area contributed by atoms with Gasteiger partial charge in [0.15, 0.2) is 0 Å². The molecule has 18 heavy (non-hydrogen) atoms. The Morgan fingerprint density at radius 1 is 1.22 bits per heavy atom. The van der Waals surface area contributed by atoms with Crippen molar-refractivity contribution >= 4 is 12.0 Å². The fraction of sp³-hybridized carbons (Fsp3) is 0.857. The lowest BCUT2D eigenvalue weighted by molar-refractivity contribution is -0.153. The van der Waals surface area contributed by atoms with Crippen molar-refractivity contribution in [3.8, 4) is 0 Å². The number of nitrogens with zero attached hydrogens (tertiary/aromatic N) is 1. The molecule has 4 nitrogen and oxygen atoms in total. The number of hydrogen-bond acceptors (Lipinski definition) is 4. The van der Waals surface area contributed by atoms with Gasteiger partial charge in [-0.15, -0.1) is 0 Å². The largest absolute Gasteiger partial charge is 0.463 e. The van der Waals surface area contributed by atoms with E-state index in [1.54, 1.807) is 0 Å². The molecule has 0 bridgehead atoms. The van der Waals surface area contributed by atoms with Crippen LogP contribution >= 0.6 is 0 Å². The summed E-state index contributed by atoms with van der Waals surface area (Å²) in [4.78, 5) is 25.3. The summed E-state index contributed by atoms with van der Waals surface area (Å²) in [7, 11) is 0. The quantitative estimate of drug-likeness (QED) is 0.328. The first-order valence-electron chi connectivity index (χ1n) is 6.28. The van der Waals surface area contributed by atoms with Gasteiger partial charge in [-0.2, -0.15) is 0 Å². The van der Waals surface area contributed by atoms with Crippen molar-refractivity contribution in [2.45, 2.75) is 48.0 Å². The van der Waals surface area contributed by atoms with Gasteiger partial charge in [0.2, 0.25) is 6.08 Å². The minimum atomic E-state index is -0.210. The summed E-state index contributed by atoms with van der Waals surface area (Å²) in [5, 5.41) is 0. The topological polar surface area (TPSA) is 55.7 Å². The smallest absolute Gasteiger partial charge is 0.309 e. The van der Waals surface area contributed by atoms with Crippen LogP contribution < -0.4 is 0 Å². The number of hydrogen-bond donors (Lipinski definition) is 0. The first-order chi connectivity index (χ1) is 8.08. The van der Waals surface area contributed by atoms with E-state index in [0.29, 0.717) is 0 Å². The third-order valence-corrected chi connectivity index (χ3v) is 2.66. The van der Waals surface area contributed by atoms with Crippen LogP contribution in [0.1, 0.15) is 48.0 Å². The zero-order valence-corrected chi connectivity index (χ0v) is 12.4. The average Bonchev–Trinajstić information content (AvgIpc) is 2.18. The Labute approximate surface area is 110 Å². The molecule has 0 spiro atoms. The molecule has 4 heteroatoms. The van der Waals surface area contributed by atoms with Crippen LogP contribution in [0.25, 0.3) is 0 Å². The van der Waals surface area contributed by atoms with Crippen LogP contribution in [0, 0.1) is 16.7 Å². The summed E-state index contributed by atoms with van der Waals surface area (Å²) in [6.07, 6.45) is 2.19. The van der Waals surface area contributed by atoms with E-state index in [4.69, 9.17) is 4.74 Å². The van der Waals surface area contributed by atoms with Gasteiger partial charge in [0.05, 0.1) is 12.5 Å². The second-order valence-corrected chi connectivity index (χ2v) is 6.82. The highest BCUT2D eigenvalue weighted by molar-refractivity contribution is 5.73. The lowest BCUT2D eigenvalue weighted by Crippen LogP contribution is -2.34. The number of isocyanates is 1. The Morgan fingerprint density at radius 2 is 1.78 bits per heavy atom. The fourth-order valence-corrected chi connectivity index (χ4v) is 1.69. The minimum Gasteiger partial charge on any atom is -0.463 e. The second-order valence-electron chi connectivity index (χ2n) is 6.82. The molecule has 1 atom stereocenters. The molecule has 0 saturated heterocycles. The number of aliphatic imine (C=N–C) groups is 1. The summed E-state index contributed by atoms with van der Waals surface area (Å²) < 4.78 is 5.17. The second kappa shape index (κ2) is 6.69. The van der Waals surface area contributed by atoms with Crippen LogP contribution in [0.15, 0.2) is 4.99 Å². The SMILES string of the molecule is CC(C)(C)CC(C(=O)OCCN=C=O)C(C)(C)C. The van der Waals surface area contributed by atoms with Crippen molar-refractivity contribution in [3.63, 3.8) is 0 Å². The molecule has 0 fully saturated rings. The summed E-state index contributed by atoms with van der Waals surface area (Å²) in [5.41, 5.74) is -0.0732. The summed E-state index contributed by atoms with van der Waals surface area (Å²) in [5.74, 6) is -0.365. The monoisotopic (exact) mass is 255 g/mol. The molecular formula is C14H25NO3. The molecule has 1 unspecified atom stereocenters. The predicted molar refractivity (Wildman–Crippen MR) is 71.0 cm³/mol. The van der Waals surface area contributed by atoms with Crippen LogP contribution in [-0.2, 0) is 14.3 Å².